The molecule has 1 saturated heterocycles. The summed E-state index contributed by atoms with van der Waals surface area (Å²) in [6.45, 7) is 1.43. The van der Waals surface area contributed by atoms with Crippen LogP contribution >= 0.6 is 0 Å². The van der Waals surface area contributed by atoms with Gasteiger partial charge in [0.15, 0.2) is 0 Å². The Hall–Kier alpha value is -2.08. The van der Waals surface area contributed by atoms with E-state index in [9.17, 15) is 14.7 Å². The second-order valence-corrected chi connectivity index (χ2v) is 4.84. The Morgan fingerprint density at radius 2 is 2.16 bits per heavy atom. The third-order valence-corrected chi connectivity index (χ3v) is 3.69. The van der Waals surface area contributed by atoms with Crippen molar-refractivity contribution in [2.75, 3.05) is 13.1 Å². The molecule has 2 heterocycles. The Morgan fingerprint density at radius 3 is 2.84 bits per heavy atom. The summed E-state index contributed by atoms with van der Waals surface area (Å²) >= 11 is 0. The fourth-order valence-corrected chi connectivity index (χ4v) is 2.71. The van der Waals surface area contributed by atoms with E-state index in [4.69, 9.17) is 0 Å². The fourth-order valence-electron chi connectivity index (χ4n) is 2.71. The normalized spacial score (nSPS) is 19.1. The minimum absolute atomic E-state index is 0.0501. The SMILES string of the molecule is Cn1c(=O)n(C2CCNC2)c(=O)c2cccc(O)c21. The third kappa shape index (κ3) is 1.67. The van der Waals surface area contributed by atoms with E-state index in [2.05, 4.69) is 5.32 Å². The predicted molar refractivity (Wildman–Crippen MR) is 71.6 cm³/mol. The van der Waals surface area contributed by atoms with Gasteiger partial charge in [-0.3, -0.25) is 13.9 Å². The van der Waals surface area contributed by atoms with Gasteiger partial charge in [-0.2, -0.15) is 0 Å². The zero-order chi connectivity index (χ0) is 13.6. The number of aromatic hydroxyl groups is 1. The smallest absolute Gasteiger partial charge is 0.331 e. The summed E-state index contributed by atoms with van der Waals surface area (Å²) in [4.78, 5) is 24.8. The highest BCUT2D eigenvalue weighted by Crippen LogP contribution is 2.20. The van der Waals surface area contributed by atoms with E-state index < -0.39 is 0 Å². The average Bonchev–Trinajstić information content (AvgIpc) is 2.90. The molecule has 0 radical (unpaired) electrons. The zero-order valence-electron chi connectivity index (χ0n) is 10.6. The second-order valence-electron chi connectivity index (χ2n) is 4.84. The van der Waals surface area contributed by atoms with Crippen molar-refractivity contribution in [1.82, 2.24) is 14.5 Å². The van der Waals surface area contributed by atoms with Crippen LogP contribution in [0.1, 0.15) is 12.5 Å². The van der Waals surface area contributed by atoms with Gasteiger partial charge in [-0.15, -0.1) is 0 Å². The summed E-state index contributed by atoms with van der Waals surface area (Å²) in [7, 11) is 1.57. The molecule has 1 aromatic heterocycles. The first-order valence-corrected chi connectivity index (χ1v) is 6.25. The number of aromatic nitrogens is 2. The van der Waals surface area contributed by atoms with E-state index in [0.29, 0.717) is 17.4 Å². The molecule has 6 heteroatoms. The van der Waals surface area contributed by atoms with Crippen LogP contribution in [0.25, 0.3) is 10.9 Å². The van der Waals surface area contributed by atoms with Gasteiger partial charge >= 0.3 is 5.69 Å². The van der Waals surface area contributed by atoms with Gasteiger partial charge in [0, 0.05) is 13.6 Å². The molecule has 19 heavy (non-hydrogen) atoms. The number of fused-ring (bicyclic) bond motifs is 1. The monoisotopic (exact) mass is 261 g/mol. The molecule has 0 aliphatic carbocycles. The van der Waals surface area contributed by atoms with Gasteiger partial charge < -0.3 is 10.4 Å². The average molecular weight is 261 g/mol. The number of aryl methyl sites for hydroxylation is 1. The Balaban J connectivity index is 2.42. The van der Waals surface area contributed by atoms with E-state index in [1.165, 1.54) is 15.2 Å². The van der Waals surface area contributed by atoms with Gasteiger partial charge in [0.05, 0.1) is 16.9 Å². The van der Waals surface area contributed by atoms with E-state index in [1.807, 2.05) is 0 Å². The molecule has 2 N–H and O–H groups in total. The number of nitrogens with one attached hydrogen (secondary N) is 1. The second kappa shape index (κ2) is 4.24. The van der Waals surface area contributed by atoms with Crippen molar-refractivity contribution in [2.24, 2.45) is 7.05 Å². The van der Waals surface area contributed by atoms with Crippen molar-refractivity contribution < 1.29 is 5.11 Å². The molecule has 1 atom stereocenters. The summed E-state index contributed by atoms with van der Waals surface area (Å²) in [5.74, 6) is -0.0501. The van der Waals surface area contributed by atoms with Gasteiger partial charge in [-0.25, -0.2) is 4.79 Å². The molecule has 0 saturated carbocycles. The van der Waals surface area contributed by atoms with Crippen LogP contribution in [-0.2, 0) is 7.05 Å². The Bertz CT molecular complexity index is 754. The van der Waals surface area contributed by atoms with E-state index >= 15 is 0 Å². The lowest BCUT2D eigenvalue weighted by atomic mass is 10.2. The molecule has 0 amide bonds. The zero-order valence-corrected chi connectivity index (χ0v) is 10.6. The van der Waals surface area contributed by atoms with Gasteiger partial charge in [0.1, 0.15) is 5.75 Å². The molecule has 3 rings (SSSR count). The highest BCUT2D eigenvalue weighted by Gasteiger charge is 2.22. The highest BCUT2D eigenvalue weighted by atomic mass is 16.3. The maximum Gasteiger partial charge on any atom is 0.331 e. The third-order valence-electron chi connectivity index (χ3n) is 3.69. The molecular weight excluding hydrogens is 246 g/mol. The quantitative estimate of drug-likeness (QED) is 0.754. The standard InChI is InChI=1S/C13H15N3O3/c1-15-11-9(3-2-4-10(11)17)12(18)16(13(15)19)8-5-6-14-7-8/h2-4,8,14,17H,5-7H2,1H3. The van der Waals surface area contributed by atoms with Crippen LogP contribution in [0.4, 0.5) is 0 Å². The lowest BCUT2D eigenvalue weighted by Crippen LogP contribution is -2.42. The number of hydrogen-bond acceptors (Lipinski definition) is 4. The molecule has 1 aromatic carbocycles. The maximum absolute atomic E-state index is 12.5. The molecular formula is C13H15N3O3. The van der Waals surface area contributed by atoms with Crippen LogP contribution in [0.2, 0.25) is 0 Å². The molecule has 1 fully saturated rings. The van der Waals surface area contributed by atoms with Gasteiger partial charge in [0.25, 0.3) is 5.56 Å². The first kappa shape index (κ1) is 12.0. The van der Waals surface area contributed by atoms with Crippen LogP contribution in [0.5, 0.6) is 5.75 Å². The van der Waals surface area contributed by atoms with Gasteiger partial charge in [-0.05, 0) is 25.1 Å². The number of nitrogens with zero attached hydrogens (tertiary/aromatic N) is 2. The van der Waals surface area contributed by atoms with Crippen LogP contribution in [0, 0.1) is 0 Å². The molecule has 2 aromatic rings. The largest absolute Gasteiger partial charge is 0.506 e. The number of phenols is 1. The summed E-state index contributed by atoms with van der Waals surface area (Å²) in [6.07, 6.45) is 0.763. The highest BCUT2D eigenvalue weighted by molar-refractivity contribution is 5.83. The van der Waals surface area contributed by atoms with Crippen LogP contribution in [-0.4, -0.2) is 27.3 Å². The summed E-state index contributed by atoms with van der Waals surface area (Å²) in [6, 6.07) is 4.61. The minimum atomic E-state index is -0.382. The van der Waals surface area contributed by atoms with Crippen molar-refractivity contribution in [3.8, 4) is 5.75 Å². The number of benzene rings is 1. The molecule has 0 spiro atoms. The van der Waals surface area contributed by atoms with E-state index in [0.717, 1.165) is 13.0 Å². The predicted octanol–water partition coefficient (Wildman–Crippen LogP) is -0.0598. The Kier molecular flexibility index (Phi) is 2.67. The maximum atomic E-state index is 12.5. The van der Waals surface area contributed by atoms with Crippen LogP contribution < -0.4 is 16.6 Å². The van der Waals surface area contributed by atoms with Crippen molar-refractivity contribution in [1.29, 1.82) is 0 Å². The molecule has 1 aliphatic heterocycles. The first-order chi connectivity index (χ1) is 9.11. The van der Waals surface area contributed by atoms with E-state index in [-0.39, 0.29) is 23.0 Å². The first-order valence-electron chi connectivity index (χ1n) is 6.25. The van der Waals surface area contributed by atoms with Crippen molar-refractivity contribution >= 4 is 10.9 Å². The number of phenolic OH excluding ortho intramolecular Hbond substituents is 1. The molecule has 0 bridgehead atoms. The van der Waals surface area contributed by atoms with Crippen molar-refractivity contribution in [2.45, 2.75) is 12.5 Å². The molecule has 1 unspecified atom stereocenters. The van der Waals surface area contributed by atoms with Crippen LogP contribution in [0.3, 0.4) is 0 Å². The van der Waals surface area contributed by atoms with Crippen LogP contribution in [0.15, 0.2) is 27.8 Å². The summed E-state index contributed by atoms with van der Waals surface area (Å²) < 4.78 is 2.63. The molecule has 100 valence electrons. The van der Waals surface area contributed by atoms with Gasteiger partial charge in [0.2, 0.25) is 0 Å². The lowest BCUT2D eigenvalue weighted by molar-refractivity contribution is 0.469. The van der Waals surface area contributed by atoms with E-state index in [1.54, 1.807) is 19.2 Å². The number of para-hydroxylation sites is 1. The number of hydrogen-bond donors (Lipinski definition) is 2. The number of rotatable bonds is 1. The Labute approximate surface area is 108 Å². The van der Waals surface area contributed by atoms with Crippen molar-refractivity contribution in [3.05, 3.63) is 39.0 Å². The topological polar surface area (TPSA) is 76.3 Å². The lowest BCUT2D eigenvalue weighted by Gasteiger charge is -2.15. The Morgan fingerprint density at radius 1 is 1.37 bits per heavy atom. The fraction of sp³-hybridized carbons (Fsp3) is 0.385. The summed E-state index contributed by atoms with van der Waals surface area (Å²) in [5.41, 5.74) is -0.421. The van der Waals surface area contributed by atoms with Crippen molar-refractivity contribution in [3.63, 3.8) is 0 Å². The van der Waals surface area contributed by atoms with Gasteiger partial charge in [-0.1, -0.05) is 6.07 Å². The molecule has 6 nitrogen and oxygen atoms in total. The summed E-state index contributed by atoms with van der Waals surface area (Å²) in [5, 5.41) is 13.4. The molecule has 1 aliphatic rings. The minimum Gasteiger partial charge on any atom is -0.506 e.